The van der Waals surface area contributed by atoms with E-state index < -0.39 is 0 Å². The molecule has 2 rings (SSSR count). The van der Waals surface area contributed by atoms with Crippen LogP contribution >= 0.6 is 11.3 Å². The van der Waals surface area contributed by atoms with E-state index in [9.17, 15) is 4.79 Å². The minimum absolute atomic E-state index is 0.0213. The molecule has 0 saturated carbocycles. The average Bonchev–Trinajstić information content (AvgIpc) is 2.80. The van der Waals surface area contributed by atoms with E-state index in [1.807, 2.05) is 16.7 Å². The lowest BCUT2D eigenvalue weighted by Crippen LogP contribution is -2.03. The Bertz CT molecular complexity index is 610. The minimum atomic E-state index is 0.0213. The summed E-state index contributed by atoms with van der Waals surface area (Å²) >= 11 is 1.63. The number of hydrogen-bond acceptors (Lipinski definition) is 3. The van der Waals surface area contributed by atoms with Gasteiger partial charge in [0.05, 0.1) is 18.0 Å². The highest BCUT2D eigenvalue weighted by Crippen LogP contribution is 2.16. The summed E-state index contributed by atoms with van der Waals surface area (Å²) in [5, 5.41) is 8.64. The Kier molecular flexibility index (Phi) is 4.35. The maximum atomic E-state index is 11.0. The maximum Gasteiger partial charge on any atom is 0.181 e. The van der Waals surface area contributed by atoms with Crippen molar-refractivity contribution in [1.29, 1.82) is 0 Å². The Hall–Kier alpha value is -1.83. The summed E-state index contributed by atoms with van der Waals surface area (Å²) in [7, 11) is 0. The zero-order chi connectivity index (χ0) is 12.8. The van der Waals surface area contributed by atoms with Crippen LogP contribution in [-0.4, -0.2) is 16.3 Å². The standard InChI is InChI=1S/C14H13NO2S/c16-10-2-1-3-13-4-5-14(18-13)11-15-8-6-12(17)7-9-15/h4-9,16H,2,10-11H2. The van der Waals surface area contributed by atoms with Crippen LogP contribution < -0.4 is 5.43 Å². The van der Waals surface area contributed by atoms with E-state index in [0.717, 1.165) is 11.4 Å². The second kappa shape index (κ2) is 6.20. The molecular formula is C14H13NO2S. The highest BCUT2D eigenvalue weighted by Gasteiger charge is 1.98. The molecule has 0 saturated heterocycles. The molecule has 2 aromatic heterocycles. The van der Waals surface area contributed by atoms with Gasteiger partial charge in [-0.05, 0) is 12.1 Å². The van der Waals surface area contributed by atoms with Crippen molar-refractivity contribution in [3.05, 3.63) is 56.6 Å². The number of aromatic nitrogens is 1. The summed E-state index contributed by atoms with van der Waals surface area (Å²) in [6, 6.07) is 7.11. The second-order valence-corrected chi connectivity index (χ2v) is 4.92. The van der Waals surface area contributed by atoms with Gasteiger partial charge in [-0.15, -0.1) is 11.3 Å². The van der Waals surface area contributed by atoms with Gasteiger partial charge in [0.1, 0.15) is 0 Å². The fourth-order valence-corrected chi connectivity index (χ4v) is 2.36. The third-order valence-electron chi connectivity index (χ3n) is 2.31. The summed E-state index contributed by atoms with van der Waals surface area (Å²) in [5.74, 6) is 5.91. The molecule has 0 bridgehead atoms. The molecule has 2 heterocycles. The second-order valence-electron chi connectivity index (χ2n) is 3.75. The fraction of sp³-hybridized carbons (Fsp3) is 0.214. The van der Waals surface area contributed by atoms with Crippen molar-refractivity contribution in [3.8, 4) is 11.8 Å². The van der Waals surface area contributed by atoms with Crippen LogP contribution in [-0.2, 0) is 6.54 Å². The molecule has 0 unspecified atom stereocenters. The van der Waals surface area contributed by atoms with E-state index in [1.165, 1.54) is 4.88 Å². The predicted molar refractivity (Wildman–Crippen MR) is 72.7 cm³/mol. The molecule has 18 heavy (non-hydrogen) atoms. The van der Waals surface area contributed by atoms with Crippen molar-refractivity contribution in [2.75, 3.05) is 6.61 Å². The fourth-order valence-electron chi connectivity index (χ4n) is 1.46. The molecular weight excluding hydrogens is 246 g/mol. The van der Waals surface area contributed by atoms with Crippen LogP contribution in [0.15, 0.2) is 41.5 Å². The van der Waals surface area contributed by atoms with Crippen LogP contribution in [0.2, 0.25) is 0 Å². The van der Waals surface area contributed by atoms with E-state index in [-0.39, 0.29) is 12.0 Å². The lowest BCUT2D eigenvalue weighted by Gasteiger charge is -2.02. The summed E-state index contributed by atoms with van der Waals surface area (Å²) in [6.07, 6.45) is 4.06. The highest BCUT2D eigenvalue weighted by molar-refractivity contribution is 7.12. The molecule has 92 valence electrons. The average molecular weight is 259 g/mol. The van der Waals surface area contributed by atoms with Gasteiger partial charge in [0.25, 0.3) is 0 Å². The summed E-state index contributed by atoms with van der Waals surface area (Å²) < 4.78 is 1.96. The van der Waals surface area contributed by atoms with Crippen molar-refractivity contribution in [3.63, 3.8) is 0 Å². The van der Waals surface area contributed by atoms with Crippen LogP contribution in [0.5, 0.6) is 0 Å². The quantitative estimate of drug-likeness (QED) is 0.852. The van der Waals surface area contributed by atoms with Crippen LogP contribution in [0.4, 0.5) is 0 Å². The topological polar surface area (TPSA) is 42.2 Å². The Labute approximate surface area is 109 Å². The number of pyridine rings is 1. The first kappa shape index (κ1) is 12.6. The number of aliphatic hydroxyl groups excluding tert-OH is 1. The zero-order valence-electron chi connectivity index (χ0n) is 9.80. The summed E-state index contributed by atoms with van der Waals surface area (Å²) in [4.78, 5) is 13.2. The third kappa shape index (κ3) is 3.59. The molecule has 1 N–H and O–H groups in total. The van der Waals surface area contributed by atoms with Crippen LogP contribution in [0.25, 0.3) is 0 Å². The van der Waals surface area contributed by atoms with Gasteiger partial charge in [-0.3, -0.25) is 4.79 Å². The number of rotatable bonds is 3. The summed E-state index contributed by atoms with van der Waals surface area (Å²) in [6.45, 7) is 0.843. The molecule has 0 atom stereocenters. The highest BCUT2D eigenvalue weighted by atomic mass is 32.1. The number of hydrogen-bond donors (Lipinski definition) is 1. The molecule has 0 amide bonds. The van der Waals surface area contributed by atoms with Crippen LogP contribution in [0, 0.1) is 11.8 Å². The lowest BCUT2D eigenvalue weighted by molar-refractivity contribution is 0.305. The Morgan fingerprint density at radius 3 is 2.72 bits per heavy atom. The molecule has 0 spiro atoms. The predicted octanol–water partition coefficient (Wildman–Crippen LogP) is 1.69. The van der Waals surface area contributed by atoms with Crippen molar-refractivity contribution in [1.82, 2.24) is 4.57 Å². The van der Waals surface area contributed by atoms with E-state index in [4.69, 9.17) is 5.11 Å². The van der Waals surface area contributed by atoms with Gasteiger partial charge in [0, 0.05) is 35.8 Å². The third-order valence-corrected chi connectivity index (χ3v) is 3.29. The van der Waals surface area contributed by atoms with Crippen molar-refractivity contribution in [2.24, 2.45) is 0 Å². The first-order chi connectivity index (χ1) is 8.78. The van der Waals surface area contributed by atoms with E-state index >= 15 is 0 Å². The monoisotopic (exact) mass is 259 g/mol. The molecule has 0 aliphatic rings. The smallest absolute Gasteiger partial charge is 0.181 e. The molecule has 2 aromatic rings. The van der Waals surface area contributed by atoms with Gasteiger partial charge in [-0.25, -0.2) is 0 Å². The maximum absolute atomic E-state index is 11.0. The van der Waals surface area contributed by atoms with Crippen molar-refractivity contribution >= 4 is 11.3 Å². The van der Waals surface area contributed by atoms with Crippen LogP contribution in [0.1, 0.15) is 16.2 Å². The number of aliphatic hydroxyl groups is 1. The number of nitrogens with zero attached hydrogens (tertiary/aromatic N) is 1. The molecule has 0 aliphatic carbocycles. The Balaban J connectivity index is 2.05. The van der Waals surface area contributed by atoms with E-state index in [0.29, 0.717) is 6.42 Å². The van der Waals surface area contributed by atoms with Gasteiger partial charge in [0.2, 0.25) is 0 Å². The van der Waals surface area contributed by atoms with E-state index in [1.54, 1.807) is 35.9 Å². The Morgan fingerprint density at radius 2 is 2.00 bits per heavy atom. The zero-order valence-corrected chi connectivity index (χ0v) is 10.6. The first-order valence-electron chi connectivity index (χ1n) is 5.62. The lowest BCUT2D eigenvalue weighted by atomic mass is 10.4. The Morgan fingerprint density at radius 1 is 1.22 bits per heavy atom. The van der Waals surface area contributed by atoms with Gasteiger partial charge < -0.3 is 9.67 Å². The van der Waals surface area contributed by atoms with Gasteiger partial charge in [-0.2, -0.15) is 0 Å². The first-order valence-corrected chi connectivity index (χ1v) is 6.44. The van der Waals surface area contributed by atoms with E-state index in [2.05, 4.69) is 11.8 Å². The van der Waals surface area contributed by atoms with Gasteiger partial charge >= 0.3 is 0 Å². The summed E-state index contributed by atoms with van der Waals surface area (Å²) in [5.41, 5.74) is 0.0213. The largest absolute Gasteiger partial charge is 0.395 e. The van der Waals surface area contributed by atoms with Crippen molar-refractivity contribution in [2.45, 2.75) is 13.0 Å². The normalized spacial score (nSPS) is 9.83. The molecule has 0 aromatic carbocycles. The molecule has 0 radical (unpaired) electrons. The van der Waals surface area contributed by atoms with Crippen LogP contribution in [0.3, 0.4) is 0 Å². The molecule has 4 heteroatoms. The molecule has 0 fully saturated rings. The minimum Gasteiger partial charge on any atom is -0.395 e. The molecule has 3 nitrogen and oxygen atoms in total. The molecule has 0 aliphatic heterocycles. The SMILES string of the molecule is O=c1ccn(Cc2ccc(C#CCCO)s2)cc1. The van der Waals surface area contributed by atoms with Crippen molar-refractivity contribution < 1.29 is 5.11 Å². The van der Waals surface area contributed by atoms with Gasteiger partial charge in [-0.1, -0.05) is 11.8 Å². The van der Waals surface area contributed by atoms with Gasteiger partial charge in [0.15, 0.2) is 5.43 Å². The number of thiophene rings is 1.